The number of rotatable bonds is 6. The molecule has 9 nitrogen and oxygen atoms in total. The summed E-state index contributed by atoms with van der Waals surface area (Å²) in [5.41, 5.74) is 2.44. The fraction of sp³-hybridized carbons (Fsp3) is 0.409. The van der Waals surface area contributed by atoms with Crippen LogP contribution < -0.4 is 10.2 Å². The number of aromatic nitrogens is 2. The molecular weight excluding hydrogens is 432 g/mol. The fourth-order valence-corrected chi connectivity index (χ4v) is 4.24. The van der Waals surface area contributed by atoms with Crippen LogP contribution in [-0.4, -0.2) is 63.5 Å². The topological polar surface area (TPSA) is 111 Å². The Labute approximate surface area is 187 Å². The number of hydrogen-bond donors (Lipinski definition) is 1. The van der Waals surface area contributed by atoms with Crippen molar-refractivity contribution in [2.75, 3.05) is 49.4 Å². The van der Waals surface area contributed by atoms with Gasteiger partial charge in [-0.25, -0.2) is 18.4 Å². The predicted molar refractivity (Wildman–Crippen MR) is 121 cm³/mol. The molecule has 1 aromatic carbocycles. The summed E-state index contributed by atoms with van der Waals surface area (Å²) in [4.78, 5) is 23.6. The van der Waals surface area contributed by atoms with Gasteiger partial charge in [-0.05, 0) is 37.1 Å². The van der Waals surface area contributed by atoms with Gasteiger partial charge >= 0.3 is 0 Å². The smallest absolute Gasteiger partial charge is 0.254 e. The van der Waals surface area contributed by atoms with Crippen LogP contribution in [0.1, 0.15) is 18.5 Å². The monoisotopic (exact) mass is 458 g/mol. The molecule has 2 aromatic rings. The second kappa shape index (κ2) is 9.66. The first-order valence-electron chi connectivity index (χ1n) is 10.5. The number of nitrogens with zero attached hydrogens (tertiary/aromatic N) is 3. The van der Waals surface area contributed by atoms with Gasteiger partial charge < -0.3 is 19.7 Å². The standard InChI is InChI=1S/C22H26N4O5S/c1-32(28,29)15-19-13-20(26-8-11-30-12-9-26)25-21(23-19)16-4-6-18(7-5-16)24-22(27)17-3-2-10-31-14-17/h4-7,13-14H,2-3,8-12,15H2,1H3,(H,24,27). The lowest BCUT2D eigenvalue weighted by atomic mass is 10.1. The zero-order valence-electron chi connectivity index (χ0n) is 17.9. The van der Waals surface area contributed by atoms with E-state index >= 15 is 0 Å². The van der Waals surface area contributed by atoms with Crippen molar-refractivity contribution >= 4 is 27.2 Å². The lowest BCUT2D eigenvalue weighted by Gasteiger charge is -2.28. The second-order valence-electron chi connectivity index (χ2n) is 7.86. The highest BCUT2D eigenvalue weighted by Gasteiger charge is 2.18. The Hall–Kier alpha value is -2.98. The zero-order valence-corrected chi connectivity index (χ0v) is 18.7. The first-order valence-corrected chi connectivity index (χ1v) is 12.5. The van der Waals surface area contributed by atoms with Gasteiger partial charge in [-0.2, -0.15) is 0 Å². The van der Waals surface area contributed by atoms with Crippen LogP contribution in [0.25, 0.3) is 11.4 Å². The minimum atomic E-state index is -3.25. The lowest BCUT2D eigenvalue weighted by Crippen LogP contribution is -2.37. The number of carbonyl (C=O) groups excluding carboxylic acids is 1. The third-order valence-corrected chi connectivity index (χ3v) is 5.96. The Morgan fingerprint density at radius 1 is 1.12 bits per heavy atom. The van der Waals surface area contributed by atoms with Gasteiger partial charge in [0.05, 0.1) is 43.1 Å². The summed E-state index contributed by atoms with van der Waals surface area (Å²) < 4.78 is 34.4. The van der Waals surface area contributed by atoms with E-state index in [1.54, 1.807) is 18.2 Å². The average molecular weight is 459 g/mol. The molecular formula is C22H26N4O5S. The lowest BCUT2D eigenvalue weighted by molar-refractivity contribution is -0.113. The predicted octanol–water partition coefficient (Wildman–Crippen LogP) is 2.16. The Kier molecular flexibility index (Phi) is 6.71. The molecule has 0 radical (unpaired) electrons. The number of anilines is 2. The maximum absolute atomic E-state index is 12.4. The summed E-state index contributed by atoms with van der Waals surface area (Å²) in [5.74, 6) is 0.775. The first kappa shape index (κ1) is 22.2. The van der Waals surface area contributed by atoms with Crippen LogP contribution in [0.5, 0.6) is 0 Å². The van der Waals surface area contributed by atoms with E-state index in [0.29, 0.717) is 67.9 Å². The molecule has 2 aliphatic rings. The molecule has 3 heterocycles. The molecule has 0 unspecified atom stereocenters. The second-order valence-corrected chi connectivity index (χ2v) is 10.00. The van der Waals surface area contributed by atoms with Crippen LogP contribution in [-0.2, 0) is 29.9 Å². The van der Waals surface area contributed by atoms with Crippen LogP contribution in [0.2, 0.25) is 0 Å². The number of morpholine rings is 1. The summed E-state index contributed by atoms with van der Waals surface area (Å²) >= 11 is 0. The van der Waals surface area contributed by atoms with Gasteiger partial charge in [-0.3, -0.25) is 4.79 Å². The maximum atomic E-state index is 12.4. The number of hydrogen-bond acceptors (Lipinski definition) is 8. The van der Waals surface area contributed by atoms with Gasteiger partial charge in [-0.1, -0.05) is 0 Å². The van der Waals surface area contributed by atoms with E-state index in [2.05, 4.69) is 20.2 Å². The molecule has 1 amide bonds. The largest absolute Gasteiger partial charge is 0.501 e. The molecule has 0 bridgehead atoms. The van der Waals surface area contributed by atoms with Gasteiger partial charge in [-0.15, -0.1) is 0 Å². The maximum Gasteiger partial charge on any atom is 0.254 e. The van der Waals surface area contributed by atoms with Crippen molar-refractivity contribution in [3.8, 4) is 11.4 Å². The van der Waals surface area contributed by atoms with E-state index in [9.17, 15) is 13.2 Å². The molecule has 2 aliphatic heterocycles. The number of ether oxygens (including phenoxy) is 2. The van der Waals surface area contributed by atoms with Gasteiger partial charge in [0.25, 0.3) is 5.91 Å². The van der Waals surface area contributed by atoms with Crippen molar-refractivity contribution in [3.05, 3.63) is 47.9 Å². The molecule has 4 rings (SSSR count). The van der Waals surface area contributed by atoms with Crippen molar-refractivity contribution < 1.29 is 22.7 Å². The minimum absolute atomic E-state index is 0.162. The Morgan fingerprint density at radius 2 is 1.88 bits per heavy atom. The van der Waals surface area contributed by atoms with Gasteiger partial charge in [0.1, 0.15) is 5.82 Å². The fourth-order valence-electron chi connectivity index (χ4n) is 3.55. The molecule has 10 heteroatoms. The molecule has 0 atom stereocenters. The molecule has 0 saturated carbocycles. The molecule has 1 fully saturated rings. The summed E-state index contributed by atoms with van der Waals surface area (Å²) in [7, 11) is -3.25. The van der Waals surface area contributed by atoms with Crippen LogP contribution in [0.4, 0.5) is 11.5 Å². The van der Waals surface area contributed by atoms with Crippen molar-refractivity contribution in [2.45, 2.75) is 18.6 Å². The number of carbonyl (C=O) groups is 1. The molecule has 32 heavy (non-hydrogen) atoms. The Balaban J connectivity index is 1.57. The number of nitrogens with one attached hydrogen (secondary N) is 1. The van der Waals surface area contributed by atoms with Crippen molar-refractivity contribution in [2.24, 2.45) is 0 Å². The van der Waals surface area contributed by atoms with Crippen LogP contribution in [0.15, 0.2) is 42.2 Å². The minimum Gasteiger partial charge on any atom is -0.501 e. The van der Waals surface area contributed by atoms with Crippen LogP contribution in [0.3, 0.4) is 0 Å². The van der Waals surface area contributed by atoms with Gasteiger partial charge in [0.15, 0.2) is 15.7 Å². The van der Waals surface area contributed by atoms with Crippen molar-refractivity contribution in [1.29, 1.82) is 0 Å². The van der Waals surface area contributed by atoms with Crippen LogP contribution >= 0.6 is 0 Å². The SMILES string of the molecule is CS(=O)(=O)Cc1cc(N2CCOCC2)nc(-c2ccc(NC(=O)C3=COCCC3)cc2)n1. The van der Waals surface area contributed by atoms with E-state index in [1.165, 1.54) is 12.5 Å². The van der Waals surface area contributed by atoms with Gasteiger partial charge in [0.2, 0.25) is 0 Å². The summed E-state index contributed by atoms with van der Waals surface area (Å²) in [6.45, 7) is 3.18. The first-order chi connectivity index (χ1) is 15.4. The van der Waals surface area contributed by atoms with E-state index in [1.807, 2.05) is 12.1 Å². The molecule has 1 N–H and O–H groups in total. The van der Waals surface area contributed by atoms with Crippen molar-refractivity contribution in [1.82, 2.24) is 9.97 Å². The van der Waals surface area contributed by atoms with Crippen LogP contribution in [0, 0.1) is 0 Å². The molecule has 0 spiro atoms. The van der Waals surface area contributed by atoms with E-state index < -0.39 is 9.84 Å². The summed E-state index contributed by atoms with van der Waals surface area (Å²) in [5, 5.41) is 2.87. The Bertz CT molecular complexity index is 1110. The van der Waals surface area contributed by atoms with Crippen molar-refractivity contribution in [3.63, 3.8) is 0 Å². The number of sulfone groups is 1. The normalized spacial score (nSPS) is 16.8. The molecule has 170 valence electrons. The quantitative estimate of drug-likeness (QED) is 0.701. The highest BCUT2D eigenvalue weighted by Crippen LogP contribution is 2.24. The van der Waals surface area contributed by atoms with E-state index in [-0.39, 0.29) is 11.7 Å². The highest BCUT2D eigenvalue weighted by molar-refractivity contribution is 7.89. The molecule has 0 aliphatic carbocycles. The Morgan fingerprint density at radius 3 is 2.53 bits per heavy atom. The van der Waals surface area contributed by atoms with E-state index in [0.717, 1.165) is 12.0 Å². The average Bonchev–Trinajstić information content (AvgIpc) is 2.79. The summed E-state index contributed by atoms with van der Waals surface area (Å²) in [6.07, 6.45) is 4.22. The number of benzene rings is 1. The number of amides is 1. The third-order valence-electron chi connectivity index (χ3n) is 5.14. The molecule has 1 saturated heterocycles. The van der Waals surface area contributed by atoms with Gasteiger partial charge in [0, 0.05) is 36.7 Å². The third kappa shape index (κ3) is 5.83. The molecule has 1 aromatic heterocycles. The highest BCUT2D eigenvalue weighted by atomic mass is 32.2. The summed E-state index contributed by atoms with van der Waals surface area (Å²) in [6, 6.07) is 8.90. The van der Waals surface area contributed by atoms with E-state index in [4.69, 9.17) is 9.47 Å². The zero-order chi connectivity index (χ0) is 22.6.